The highest BCUT2D eigenvalue weighted by Crippen LogP contribution is 2.32. The van der Waals surface area contributed by atoms with Crippen LogP contribution in [0, 0.1) is 13.8 Å². The molecule has 0 bridgehead atoms. The quantitative estimate of drug-likeness (QED) is 0.915. The molecule has 0 amide bonds. The van der Waals surface area contributed by atoms with Crippen molar-refractivity contribution < 1.29 is 4.74 Å². The van der Waals surface area contributed by atoms with Gasteiger partial charge in [-0.25, -0.2) is 4.68 Å². The molecule has 0 spiro atoms. The minimum absolute atomic E-state index is 0.601. The molecule has 0 atom stereocenters. The molecule has 0 saturated heterocycles. The summed E-state index contributed by atoms with van der Waals surface area (Å²) in [5.41, 5.74) is 3.13. The van der Waals surface area contributed by atoms with Gasteiger partial charge in [0.25, 0.3) is 0 Å². The van der Waals surface area contributed by atoms with Crippen molar-refractivity contribution in [1.82, 2.24) is 15.1 Å². The van der Waals surface area contributed by atoms with Gasteiger partial charge in [-0.05, 0) is 38.1 Å². The summed E-state index contributed by atoms with van der Waals surface area (Å²) in [5, 5.41) is 8.33. The van der Waals surface area contributed by atoms with Crippen LogP contribution >= 0.6 is 11.6 Å². The van der Waals surface area contributed by atoms with Crippen molar-refractivity contribution in [2.24, 2.45) is 7.05 Å². The maximum atomic E-state index is 6.19. The van der Waals surface area contributed by atoms with Crippen LogP contribution in [0.3, 0.4) is 0 Å². The van der Waals surface area contributed by atoms with Crippen molar-refractivity contribution in [3.05, 3.63) is 40.0 Å². The number of nitrogens with zero attached hydrogens (tertiary/aromatic N) is 2. The van der Waals surface area contributed by atoms with Gasteiger partial charge in [0.15, 0.2) is 0 Å². The van der Waals surface area contributed by atoms with Crippen LogP contribution in [0.1, 0.15) is 23.7 Å². The number of halogens is 1. The van der Waals surface area contributed by atoms with Gasteiger partial charge in [0.1, 0.15) is 5.75 Å². The lowest BCUT2D eigenvalue weighted by Gasteiger charge is -2.11. The second-order valence-electron chi connectivity index (χ2n) is 4.81. The Labute approximate surface area is 124 Å². The first-order valence-corrected chi connectivity index (χ1v) is 7.08. The minimum atomic E-state index is 0.601. The fourth-order valence-corrected chi connectivity index (χ4v) is 2.21. The first kappa shape index (κ1) is 14.9. The van der Waals surface area contributed by atoms with Crippen molar-refractivity contribution in [1.29, 1.82) is 0 Å². The molecule has 1 N–H and O–H groups in total. The largest absolute Gasteiger partial charge is 0.437 e. The predicted molar refractivity (Wildman–Crippen MR) is 81.6 cm³/mol. The molecule has 1 aromatic heterocycles. The van der Waals surface area contributed by atoms with Crippen LogP contribution in [0.15, 0.2) is 18.2 Å². The molecule has 108 valence electrons. The zero-order chi connectivity index (χ0) is 14.7. The maximum absolute atomic E-state index is 6.19. The van der Waals surface area contributed by atoms with Crippen LogP contribution < -0.4 is 10.1 Å². The summed E-state index contributed by atoms with van der Waals surface area (Å²) < 4.78 is 7.75. The maximum Gasteiger partial charge on any atom is 0.222 e. The smallest absolute Gasteiger partial charge is 0.222 e. The van der Waals surface area contributed by atoms with Crippen LogP contribution in [0.2, 0.25) is 5.02 Å². The molecule has 1 heterocycles. The Hall–Kier alpha value is -1.52. The number of nitrogens with one attached hydrogen (secondary N) is 1. The number of rotatable bonds is 5. The van der Waals surface area contributed by atoms with Gasteiger partial charge in [0.2, 0.25) is 5.88 Å². The summed E-state index contributed by atoms with van der Waals surface area (Å²) in [7, 11) is 1.88. The fourth-order valence-electron chi connectivity index (χ4n) is 2.05. The van der Waals surface area contributed by atoms with Crippen molar-refractivity contribution in [2.75, 3.05) is 6.54 Å². The van der Waals surface area contributed by atoms with E-state index >= 15 is 0 Å². The average molecular weight is 294 g/mol. The molecule has 2 rings (SSSR count). The molecule has 1 aromatic carbocycles. The summed E-state index contributed by atoms with van der Waals surface area (Å²) in [6, 6.07) is 5.74. The summed E-state index contributed by atoms with van der Waals surface area (Å²) in [6.45, 7) is 7.70. The number of hydrogen-bond acceptors (Lipinski definition) is 3. The molecular formula is C15H20ClN3O. The van der Waals surface area contributed by atoms with Crippen LogP contribution in [0.5, 0.6) is 11.6 Å². The molecule has 5 heteroatoms. The second kappa shape index (κ2) is 6.29. The molecule has 20 heavy (non-hydrogen) atoms. The van der Waals surface area contributed by atoms with Crippen LogP contribution in [-0.2, 0) is 13.6 Å². The highest BCUT2D eigenvalue weighted by Gasteiger charge is 2.16. The molecule has 0 unspecified atom stereocenters. The summed E-state index contributed by atoms with van der Waals surface area (Å²) in [6.07, 6.45) is 0. The van der Waals surface area contributed by atoms with E-state index in [4.69, 9.17) is 16.3 Å². The second-order valence-corrected chi connectivity index (χ2v) is 5.22. The predicted octanol–water partition coefficient (Wildman–Crippen LogP) is 3.59. The Kier molecular flexibility index (Phi) is 4.68. The Morgan fingerprint density at radius 2 is 2.10 bits per heavy atom. The van der Waals surface area contributed by atoms with Gasteiger partial charge < -0.3 is 10.1 Å². The van der Waals surface area contributed by atoms with Crippen molar-refractivity contribution in [2.45, 2.75) is 27.3 Å². The fraction of sp³-hybridized carbons (Fsp3) is 0.400. The summed E-state index contributed by atoms with van der Waals surface area (Å²) >= 11 is 6.19. The third-order valence-corrected chi connectivity index (χ3v) is 3.45. The first-order valence-electron chi connectivity index (χ1n) is 6.70. The van der Waals surface area contributed by atoms with Crippen LogP contribution in [0.4, 0.5) is 0 Å². The van der Waals surface area contributed by atoms with Crippen LogP contribution in [0.25, 0.3) is 0 Å². The number of aryl methyl sites for hydroxylation is 3. The Morgan fingerprint density at radius 3 is 2.80 bits per heavy atom. The van der Waals surface area contributed by atoms with Gasteiger partial charge in [0, 0.05) is 13.6 Å². The zero-order valence-corrected chi connectivity index (χ0v) is 13.1. The van der Waals surface area contributed by atoms with Gasteiger partial charge in [-0.15, -0.1) is 0 Å². The van der Waals surface area contributed by atoms with Crippen molar-refractivity contribution in [3.8, 4) is 11.6 Å². The molecule has 0 aliphatic rings. The summed E-state index contributed by atoms with van der Waals surface area (Å²) in [4.78, 5) is 0. The zero-order valence-electron chi connectivity index (χ0n) is 12.3. The Balaban J connectivity index is 2.35. The number of ether oxygens (including phenoxy) is 1. The molecule has 0 saturated carbocycles. The summed E-state index contributed by atoms with van der Waals surface area (Å²) in [5.74, 6) is 1.39. The lowest BCUT2D eigenvalue weighted by Crippen LogP contribution is -2.12. The third-order valence-electron chi connectivity index (χ3n) is 3.13. The third kappa shape index (κ3) is 3.14. The van der Waals surface area contributed by atoms with E-state index in [1.54, 1.807) is 4.68 Å². The molecule has 0 aliphatic heterocycles. The number of hydrogen-bond donors (Lipinski definition) is 1. The lowest BCUT2D eigenvalue weighted by atomic mass is 10.2. The molecule has 0 aliphatic carbocycles. The highest BCUT2D eigenvalue weighted by atomic mass is 35.5. The van der Waals surface area contributed by atoms with Gasteiger partial charge in [0.05, 0.1) is 16.3 Å². The van der Waals surface area contributed by atoms with Gasteiger partial charge in [-0.2, -0.15) is 5.10 Å². The standard InChI is InChI=1S/C15H20ClN3O/c1-5-17-9-12-11(3)18-19(4)15(12)20-14-8-10(2)6-7-13(14)16/h6-8,17H,5,9H2,1-4H3. The molecule has 0 fully saturated rings. The first-order chi connectivity index (χ1) is 9.52. The van der Waals surface area contributed by atoms with Crippen molar-refractivity contribution in [3.63, 3.8) is 0 Å². The number of benzene rings is 1. The van der Waals surface area contributed by atoms with Crippen LogP contribution in [-0.4, -0.2) is 16.3 Å². The number of aromatic nitrogens is 2. The van der Waals surface area contributed by atoms with E-state index in [-0.39, 0.29) is 0 Å². The van der Waals surface area contributed by atoms with E-state index in [9.17, 15) is 0 Å². The lowest BCUT2D eigenvalue weighted by molar-refractivity contribution is 0.424. The topological polar surface area (TPSA) is 39.1 Å². The van der Waals surface area contributed by atoms with E-state index in [0.717, 1.165) is 35.8 Å². The SMILES string of the molecule is CCNCc1c(C)nn(C)c1Oc1cc(C)ccc1Cl. The molecule has 0 radical (unpaired) electrons. The molecule has 2 aromatic rings. The van der Waals surface area contributed by atoms with E-state index in [1.165, 1.54) is 0 Å². The van der Waals surface area contributed by atoms with Gasteiger partial charge >= 0.3 is 0 Å². The minimum Gasteiger partial charge on any atom is -0.437 e. The van der Waals surface area contributed by atoms with E-state index in [1.807, 2.05) is 39.1 Å². The van der Waals surface area contributed by atoms with E-state index in [0.29, 0.717) is 10.8 Å². The van der Waals surface area contributed by atoms with E-state index < -0.39 is 0 Å². The Bertz CT molecular complexity index is 607. The normalized spacial score (nSPS) is 10.8. The average Bonchev–Trinajstić information content (AvgIpc) is 2.66. The van der Waals surface area contributed by atoms with Gasteiger partial charge in [-0.1, -0.05) is 24.6 Å². The highest BCUT2D eigenvalue weighted by molar-refractivity contribution is 6.32. The van der Waals surface area contributed by atoms with Gasteiger partial charge in [-0.3, -0.25) is 0 Å². The molecule has 4 nitrogen and oxygen atoms in total. The molecular weight excluding hydrogens is 274 g/mol. The van der Waals surface area contributed by atoms with Crippen molar-refractivity contribution >= 4 is 11.6 Å². The van der Waals surface area contributed by atoms with E-state index in [2.05, 4.69) is 17.3 Å². The monoisotopic (exact) mass is 293 g/mol. The Morgan fingerprint density at radius 1 is 1.35 bits per heavy atom.